The summed E-state index contributed by atoms with van der Waals surface area (Å²) in [5, 5.41) is 6.73. The maximum absolute atomic E-state index is 4.06. The Balaban J connectivity index is 3.77. The quantitative estimate of drug-likeness (QED) is 0.337. The monoisotopic (exact) mass is 224 g/mol. The van der Waals surface area contributed by atoms with Crippen molar-refractivity contribution >= 4 is 0 Å². The molecule has 0 saturated carbocycles. The van der Waals surface area contributed by atoms with E-state index in [2.05, 4.69) is 37.6 Å². The van der Waals surface area contributed by atoms with E-state index in [1.165, 1.54) is 25.7 Å². The summed E-state index contributed by atoms with van der Waals surface area (Å²) in [5.74, 6) is 0. The van der Waals surface area contributed by atoms with Crippen LogP contribution < -0.4 is 10.6 Å². The van der Waals surface area contributed by atoms with Crippen LogP contribution in [0.2, 0.25) is 0 Å². The molecular formula is C14H28N2. The van der Waals surface area contributed by atoms with Crippen LogP contribution in [0.5, 0.6) is 0 Å². The highest BCUT2D eigenvalue weighted by atomic mass is 15.1. The van der Waals surface area contributed by atoms with E-state index in [9.17, 15) is 0 Å². The molecule has 0 saturated heterocycles. The number of hydrogen-bond acceptors (Lipinski definition) is 2. The molecule has 0 bridgehead atoms. The molecule has 0 aliphatic carbocycles. The van der Waals surface area contributed by atoms with Gasteiger partial charge in [-0.25, -0.2) is 0 Å². The van der Waals surface area contributed by atoms with Crippen LogP contribution in [0.3, 0.4) is 0 Å². The Morgan fingerprint density at radius 1 is 1.12 bits per heavy atom. The molecule has 0 rings (SSSR count). The Bertz CT molecular complexity index is 209. The average molecular weight is 224 g/mol. The van der Waals surface area contributed by atoms with Gasteiger partial charge in [-0.1, -0.05) is 46.3 Å². The number of hydrogen-bond donors (Lipinski definition) is 2. The summed E-state index contributed by atoms with van der Waals surface area (Å²) in [6.45, 7) is 15.3. The van der Waals surface area contributed by atoms with E-state index in [4.69, 9.17) is 0 Å². The van der Waals surface area contributed by atoms with Crippen molar-refractivity contribution in [3.63, 3.8) is 0 Å². The van der Waals surface area contributed by atoms with Gasteiger partial charge in [0.05, 0.1) is 6.17 Å². The van der Waals surface area contributed by atoms with E-state index in [-0.39, 0.29) is 6.17 Å². The number of nitrogens with one attached hydrogen (secondary N) is 2. The molecule has 0 heterocycles. The average Bonchev–Trinajstić information content (AvgIpc) is 2.23. The van der Waals surface area contributed by atoms with Crippen LogP contribution in [-0.2, 0) is 0 Å². The lowest BCUT2D eigenvalue weighted by molar-refractivity contribution is 0.513. The summed E-state index contributed by atoms with van der Waals surface area (Å²) in [6, 6.07) is 0. The molecule has 0 fully saturated rings. The van der Waals surface area contributed by atoms with E-state index in [0.717, 1.165) is 24.2 Å². The van der Waals surface area contributed by atoms with Crippen LogP contribution >= 0.6 is 0 Å². The third-order valence-corrected chi connectivity index (χ3v) is 2.58. The Morgan fingerprint density at radius 3 is 2.31 bits per heavy atom. The molecule has 1 unspecified atom stereocenters. The molecular weight excluding hydrogens is 196 g/mol. The van der Waals surface area contributed by atoms with Gasteiger partial charge in [0, 0.05) is 5.70 Å². The van der Waals surface area contributed by atoms with Crippen molar-refractivity contribution in [2.24, 2.45) is 0 Å². The van der Waals surface area contributed by atoms with E-state index >= 15 is 0 Å². The third kappa shape index (κ3) is 7.52. The summed E-state index contributed by atoms with van der Waals surface area (Å²) in [4.78, 5) is 0. The van der Waals surface area contributed by atoms with Crippen LogP contribution in [0, 0.1) is 0 Å². The SMILES string of the molecule is C=C(CCCCCC)NC(NCC)C(=C)C. The Labute approximate surface area is 101 Å². The first-order valence-electron chi connectivity index (χ1n) is 6.44. The molecule has 0 radical (unpaired) electrons. The largest absolute Gasteiger partial charge is 0.370 e. The molecule has 0 aliphatic heterocycles. The second kappa shape index (κ2) is 9.46. The second-order valence-corrected chi connectivity index (χ2v) is 4.40. The molecule has 0 aromatic carbocycles. The minimum atomic E-state index is 0.170. The van der Waals surface area contributed by atoms with Gasteiger partial charge in [0.1, 0.15) is 0 Å². The number of allylic oxidation sites excluding steroid dienone is 1. The lowest BCUT2D eigenvalue weighted by atomic mass is 10.1. The van der Waals surface area contributed by atoms with Gasteiger partial charge in [-0.3, -0.25) is 5.32 Å². The van der Waals surface area contributed by atoms with Crippen LogP contribution in [0.25, 0.3) is 0 Å². The summed E-state index contributed by atoms with van der Waals surface area (Å²) in [5.41, 5.74) is 2.22. The zero-order valence-corrected chi connectivity index (χ0v) is 11.2. The molecule has 1 atom stereocenters. The fourth-order valence-corrected chi connectivity index (χ4v) is 1.59. The predicted molar refractivity (Wildman–Crippen MR) is 73.3 cm³/mol. The molecule has 2 N–H and O–H groups in total. The van der Waals surface area contributed by atoms with Crippen LogP contribution in [-0.4, -0.2) is 12.7 Å². The zero-order chi connectivity index (χ0) is 12.4. The van der Waals surface area contributed by atoms with Gasteiger partial charge in [0.25, 0.3) is 0 Å². The topological polar surface area (TPSA) is 24.1 Å². The van der Waals surface area contributed by atoms with Crippen molar-refractivity contribution in [3.05, 3.63) is 24.4 Å². The zero-order valence-electron chi connectivity index (χ0n) is 11.2. The van der Waals surface area contributed by atoms with Gasteiger partial charge in [-0.05, 0) is 31.9 Å². The van der Waals surface area contributed by atoms with Crippen LogP contribution in [0.15, 0.2) is 24.4 Å². The molecule has 2 nitrogen and oxygen atoms in total. The van der Waals surface area contributed by atoms with Crippen LogP contribution in [0.1, 0.15) is 52.9 Å². The fourth-order valence-electron chi connectivity index (χ4n) is 1.59. The van der Waals surface area contributed by atoms with E-state index in [1.54, 1.807) is 0 Å². The summed E-state index contributed by atoms with van der Waals surface area (Å²) < 4.78 is 0. The van der Waals surface area contributed by atoms with Crippen molar-refractivity contribution in [1.29, 1.82) is 0 Å². The number of rotatable bonds is 10. The molecule has 0 aromatic heterocycles. The van der Waals surface area contributed by atoms with Gasteiger partial charge >= 0.3 is 0 Å². The molecule has 94 valence electrons. The Kier molecular flexibility index (Phi) is 9.02. The predicted octanol–water partition coefficient (Wildman–Crippen LogP) is 3.57. The van der Waals surface area contributed by atoms with E-state index in [0.29, 0.717) is 0 Å². The van der Waals surface area contributed by atoms with Crippen LogP contribution in [0.4, 0.5) is 0 Å². The number of likely N-dealkylation sites (N-methyl/N-ethyl adjacent to an activating group) is 1. The first-order valence-corrected chi connectivity index (χ1v) is 6.44. The Hall–Kier alpha value is -0.760. The van der Waals surface area contributed by atoms with Crippen molar-refractivity contribution in [3.8, 4) is 0 Å². The lowest BCUT2D eigenvalue weighted by Crippen LogP contribution is -2.42. The molecule has 0 aromatic rings. The van der Waals surface area contributed by atoms with Crippen molar-refractivity contribution < 1.29 is 0 Å². The van der Waals surface area contributed by atoms with E-state index in [1.807, 2.05) is 6.92 Å². The minimum absolute atomic E-state index is 0.170. The van der Waals surface area contributed by atoms with Gasteiger partial charge in [-0.15, -0.1) is 0 Å². The molecule has 16 heavy (non-hydrogen) atoms. The van der Waals surface area contributed by atoms with Gasteiger partial charge < -0.3 is 5.32 Å². The van der Waals surface area contributed by atoms with Crippen molar-refractivity contribution in [1.82, 2.24) is 10.6 Å². The molecule has 0 spiro atoms. The molecule has 2 heteroatoms. The smallest absolute Gasteiger partial charge is 0.0982 e. The summed E-state index contributed by atoms with van der Waals surface area (Å²) in [6.07, 6.45) is 6.37. The Morgan fingerprint density at radius 2 is 1.81 bits per heavy atom. The maximum Gasteiger partial charge on any atom is 0.0982 e. The summed E-state index contributed by atoms with van der Waals surface area (Å²) >= 11 is 0. The van der Waals surface area contributed by atoms with Crippen molar-refractivity contribution in [2.45, 2.75) is 59.0 Å². The first-order chi connectivity index (χ1) is 7.61. The van der Waals surface area contributed by atoms with Gasteiger partial charge in [-0.2, -0.15) is 0 Å². The fraction of sp³-hybridized carbons (Fsp3) is 0.714. The van der Waals surface area contributed by atoms with Crippen molar-refractivity contribution in [2.75, 3.05) is 6.54 Å². The first kappa shape index (κ1) is 15.2. The second-order valence-electron chi connectivity index (χ2n) is 4.40. The normalized spacial score (nSPS) is 12.2. The highest BCUT2D eigenvalue weighted by Crippen LogP contribution is 2.08. The third-order valence-electron chi connectivity index (χ3n) is 2.58. The standard InChI is InChI=1S/C14H28N2/c1-6-8-9-10-11-13(5)16-14(12(3)4)15-7-2/h14-16H,3,5-11H2,1-2,4H3. The maximum atomic E-state index is 4.06. The molecule has 0 amide bonds. The van der Waals surface area contributed by atoms with Gasteiger partial charge in [0.2, 0.25) is 0 Å². The highest BCUT2D eigenvalue weighted by molar-refractivity contribution is 5.06. The summed E-state index contributed by atoms with van der Waals surface area (Å²) in [7, 11) is 0. The van der Waals surface area contributed by atoms with Gasteiger partial charge in [0.15, 0.2) is 0 Å². The minimum Gasteiger partial charge on any atom is -0.370 e. The lowest BCUT2D eigenvalue weighted by Gasteiger charge is -2.22. The van der Waals surface area contributed by atoms with E-state index < -0.39 is 0 Å². The molecule has 0 aliphatic rings. The highest BCUT2D eigenvalue weighted by Gasteiger charge is 2.07. The number of unbranched alkanes of at least 4 members (excludes halogenated alkanes) is 3.